The molecule has 1 aliphatic heterocycles. The highest BCUT2D eigenvalue weighted by atomic mass is 31.3. The van der Waals surface area contributed by atoms with Gasteiger partial charge in [-0.3, -0.25) is 13.9 Å². The smallest absolute Gasteiger partial charge is 0.387 e. The number of methoxy groups -OCH3 is 1. The third-order valence-electron chi connectivity index (χ3n) is 3.84. The third-order valence-corrected chi connectivity index (χ3v) is 5.99. The summed E-state index contributed by atoms with van der Waals surface area (Å²) in [6.45, 7) is -0.758. The van der Waals surface area contributed by atoms with Gasteiger partial charge in [0.25, 0.3) is 5.56 Å². The number of phosphoric acid groups is 2. The van der Waals surface area contributed by atoms with E-state index in [1.165, 1.54) is 18.0 Å². The molecule has 0 bridgehead atoms. The van der Waals surface area contributed by atoms with Gasteiger partial charge in [0.05, 0.1) is 19.3 Å². The van der Waals surface area contributed by atoms with Gasteiger partial charge in [0.15, 0.2) is 17.4 Å². The summed E-state index contributed by atoms with van der Waals surface area (Å²) in [5, 5.41) is 10.4. The summed E-state index contributed by atoms with van der Waals surface area (Å²) in [5.74, 6) is 0. The Morgan fingerprint density at radius 3 is 2.68 bits per heavy atom. The average Bonchev–Trinajstić information content (AvgIpc) is 3.12. The zero-order valence-electron chi connectivity index (χ0n) is 14.1. The van der Waals surface area contributed by atoms with Gasteiger partial charge in [0, 0.05) is 7.11 Å². The van der Waals surface area contributed by atoms with E-state index in [9.17, 15) is 23.9 Å². The molecule has 3 rings (SSSR count). The van der Waals surface area contributed by atoms with E-state index in [2.05, 4.69) is 23.8 Å². The second-order valence-electron chi connectivity index (χ2n) is 5.65. The van der Waals surface area contributed by atoms with E-state index >= 15 is 0 Å². The van der Waals surface area contributed by atoms with Crippen LogP contribution in [0.5, 0.6) is 0 Å². The van der Waals surface area contributed by atoms with E-state index in [0.717, 1.165) is 6.33 Å². The van der Waals surface area contributed by atoms with Crippen molar-refractivity contribution in [1.29, 1.82) is 0 Å². The number of H-pyrrole nitrogens is 1. The molecular weight excluding hydrogens is 426 g/mol. The first-order chi connectivity index (χ1) is 13.0. The predicted molar refractivity (Wildman–Crippen MR) is 87.8 cm³/mol. The number of aliphatic hydroxyl groups is 1. The molecule has 1 unspecified atom stereocenters. The van der Waals surface area contributed by atoms with E-state index in [0.29, 0.717) is 0 Å². The van der Waals surface area contributed by atoms with E-state index in [4.69, 9.17) is 19.3 Å². The zero-order chi connectivity index (χ0) is 20.7. The lowest BCUT2D eigenvalue weighted by molar-refractivity contribution is -0.0577. The first-order valence-corrected chi connectivity index (χ1v) is 10.6. The molecule has 156 valence electrons. The summed E-state index contributed by atoms with van der Waals surface area (Å²) in [6, 6.07) is 0. The lowest BCUT2D eigenvalue weighted by Gasteiger charge is -2.19. The molecule has 0 aromatic carbocycles. The number of fused-ring (bicyclic) bond motifs is 1. The van der Waals surface area contributed by atoms with Crippen molar-refractivity contribution in [3.63, 3.8) is 0 Å². The van der Waals surface area contributed by atoms with Crippen LogP contribution in [0.4, 0.5) is 0 Å². The molecule has 5 N–H and O–H groups in total. The molecule has 28 heavy (non-hydrogen) atoms. The monoisotopic (exact) mass is 442 g/mol. The van der Waals surface area contributed by atoms with Gasteiger partial charge in [-0.25, -0.2) is 19.1 Å². The van der Waals surface area contributed by atoms with Gasteiger partial charge in [0.1, 0.15) is 18.3 Å². The van der Waals surface area contributed by atoms with Gasteiger partial charge in [-0.05, 0) is 0 Å². The standard InChI is InChI=1S/C11H16N4O11P2/c1-23-8-7(16)5(2-24-28(21,22)26-27(18,19)20)25-11(8)15-4-14-6-9(15)12-3-13-10(6)17/h3-5,7-8,11,16H,2H2,1H3,(H,21,22)(H,12,13,17)(H2,18,19,20)/t5-,7-,8-,11-/m1/s1. The topological polar surface area (TPSA) is 216 Å². The molecular formula is C11H16N4O11P2. The lowest BCUT2D eigenvalue weighted by atomic mass is 10.1. The fraction of sp³-hybridized carbons (Fsp3) is 0.545. The normalized spacial score (nSPS) is 27.9. The Labute approximate surface area is 155 Å². The largest absolute Gasteiger partial charge is 0.481 e. The average molecular weight is 442 g/mol. The molecule has 0 saturated carbocycles. The number of nitrogens with zero attached hydrogens (tertiary/aromatic N) is 3. The van der Waals surface area contributed by atoms with Crippen molar-refractivity contribution in [2.24, 2.45) is 0 Å². The maximum Gasteiger partial charge on any atom is 0.481 e. The van der Waals surface area contributed by atoms with Crippen LogP contribution in [-0.2, 0) is 27.4 Å². The highest BCUT2D eigenvalue weighted by Crippen LogP contribution is 2.57. The number of aromatic nitrogens is 4. The summed E-state index contributed by atoms with van der Waals surface area (Å²) < 4.78 is 42.5. The van der Waals surface area contributed by atoms with Gasteiger partial charge in [0.2, 0.25) is 0 Å². The van der Waals surface area contributed by atoms with Crippen molar-refractivity contribution < 1.29 is 47.2 Å². The Morgan fingerprint density at radius 2 is 2.04 bits per heavy atom. The summed E-state index contributed by atoms with van der Waals surface area (Å²) in [4.78, 5) is 48.6. The minimum atomic E-state index is -5.28. The van der Waals surface area contributed by atoms with Crippen LogP contribution in [0, 0.1) is 0 Å². The first-order valence-electron chi connectivity index (χ1n) is 7.53. The van der Waals surface area contributed by atoms with Crippen LogP contribution in [0.2, 0.25) is 0 Å². The van der Waals surface area contributed by atoms with Gasteiger partial charge in [-0.2, -0.15) is 4.31 Å². The molecule has 3 heterocycles. The number of hydrogen-bond donors (Lipinski definition) is 5. The van der Waals surface area contributed by atoms with Crippen LogP contribution in [0.25, 0.3) is 11.2 Å². The van der Waals surface area contributed by atoms with Gasteiger partial charge < -0.3 is 34.2 Å². The van der Waals surface area contributed by atoms with Crippen LogP contribution in [0.3, 0.4) is 0 Å². The summed E-state index contributed by atoms with van der Waals surface area (Å²) >= 11 is 0. The highest BCUT2D eigenvalue weighted by molar-refractivity contribution is 7.60. The molecule has 1 saturated heterocycles. The molecule has 2 aromatic heterocycles. The van der Waals surface area contributed by atoms with Crippen LogP contribution in [-0.4, -0.2) is 71.3 Å². The predicted octanol–water partition coefficient (Wildman–Crippen LogP) is -1.38. The van der Waals surface area contributed by atoms with E-state index < -0.39 is 52.4 Å². The molecule has 15 nitrogen and oxygen atoms in total. The van der Waals surface area contributed by atoms with Crippen LogP contribution in [0.1, 0.15) is 6.23 Å². The Balaban J connectivity index is 1.80. The van der Waals surface area contributed by atoms with Crippen molar-refractivity contribution in [2.45, 2.75) is 24.5 Å². The summed E-state index contributed by atoms with van der Waals surface area (Å²) in [5.41, 5.74) is -0.334. The van der Waals surface area contributed by atoms with E-state index in [1.54, 1.807) is 0 Å². The molecule has 0 aliphatic carbocycles. The molecule has 0 radical (unpaired) electrons. The minimum absolute atomic E-state index is 0.0186. The Morgan fingerprint density at radius 1 is 1.32 bits per heavy atom. The maximum absolute atomic E-state index is 11.8. The number of nitrogens with one attached hydrogen (secondary N) is 1. The Hall–Kier alpha value is -1.51. The van der Waals surface area contributed by atoms with Crippen LogP contribution < -0.4 is 5.56 Å². The lowest BCUT2D eigenvalue weighted by Crippen LogP contribution is -2.35. The van der Waals surface area contributed by atoms with Gasteiger partial charge in [-0.1, -0.05) is 0 Å². The third kappa shape index (κ3) is 4.39. The van der Waals surface area contributed by atoms with Crippen LogP contribution in [0.15, 0.2) is 17.4 Å². The highest BCUT2D eigenvalue weighted by Gasteiger charge is 2.47. The summed E-state index contributed by atoms with van der Waals surface area (Å²) in [7, 11) is -9.13. The number of aromatic amines is 1. The fourth-order valence-corrected chi connectivity index (χ4v) is 4.31. The van der Waals surface area contributed by atoms with Crippen molar-refractivity contribution in [3.8, 4) is 0 Å². The molecule has 17 heteroatoms. The molecule has 5 atom stereocenters. The van der Waals surface area contributed by atoms with Crippen molar-refractivity contribution in [2.75, 3.05) is 13.7 Å². The summed E-state index contributed by atoms with van der Waals surface area (Å²) in [6.07, 6.45) is -2.26. The van der Waals surface area contributed by atoms with Gasteiger partial charge in [-0.15, -0.1) is 0 Å². The van der Waals surface area contributed by atoms with Gasteiger partial charge >= 0.3 is 15.6 Å². The number of ether oxygens (including phenoxy) is 2. The number of aliphatic hydroxyl groups excluding tert-OH is 1. The molecule has 2 aromatic rings. The Kier molecular flexibility index (Phi) is 5.85. The molecule has 1 fully saturated rings. The first kappa shape index (κ1) is 21.2. The van der Waals surface area contributed by atoms with E-state index in [1.807, 2.05) is 0 Å². The number of hydrogen-bond acceptors (Lipinski definition) is 10. The minimum Gasteiger partial charge on any atom is -0.387 e. The number of phosphoric ester groups is 1. The fourth-order valence-electron chi connectivity index (χ4n) is 2.71. The second-order valence-corrected chi connectivity index (χ2v) is 8.48. The molecule has 1 aliphatic rings. The number of imidazole rings is 1. The second kappa shape index (κ2) is 7.72. The SMILES string of the molecule is CO[C@@H]1[C@H](O)[C@@H](COP(=O)(O)OP(=O)(O)O)O[C@H]1n1cnc2c(=O)[nH]cnc21. The maximum atomic E-state index is 11.8. The van der Waals surface area contributed by atoms with Crippen molar-refractivity contribution in [1.82, 2.24) is 19.5 Å². The number of rotatable bonds is 7. The Bertz CT molecular complexity index is 1000. The molecule has 0 amide bonds. The molecule has 0 spiro atoms. The van der Waals surface area contributed by atoms with Crippen molar-refractivity contribution >= 4 is 26.8 Å². The quantitative estimate of drug-likeness (QED) is 0.313. The van der Waals surface area contributed by atoms with E-state index in [-0.39, 0.29) is 11.2 Å². The van der Waals surface area contributed by atoms with Crippen LogP contribution >= 0.6 is 15.6 Å². The zero-order valence-corrected chi connectivity index (χ0v) is 15.8. The van der Waals surface area contributed by atoms with Crippen molar-refractivity contribution in [3.05, 3.63) is 23.0 Å².